The molecule has 0 bridgehead atoms. The van der Waals surface area contributed by atoms with Crippen molar-refractivity contribution >= 4 is 16.9 Å². The molecule has 1 atom stereocenters. The number of hydrazine groups is 1. The summed E-state index contributed by atoms with van der Waals surface area (Å²) in [4.78, 5) is 14.1. The van der Waals surface area contributed by atoms with Crippen molar-refractivity contribution < 1.29 is 14.3 Å². The number of nitrogens with one attached hydrogen (secondary N) is 1. The van der Waals surface area contributed by atoms with Gasteiger partial charge < -0.3 is 9.52 Å². The number of β-amino-alcohol motifs (C(OH)–C–C–N with tert-alkyl or cyclic N) is 1. The summed E-state index contributed by atoms with van der Waals surface area (Å²) in [7, 11) is 0. The van der Waals surface area contributed by atoms with Crippen LogP contribution < -0.4 is 11.3 Å². The Bertz CT molecular complexity index is 678. The molecule has 6 nitrogen and oxygen atoms in total. The molecular weight excluding hydrogens is 270 g/mol. The molecule has 1 aromatic carbocycles. The zero-order valence-electron chi connectivity index (χ0n) is 11.9. The van der Waals surface area contributed by atoms with Gasteiger partial charge in [-0.15, -0.1) is 0 Å². The minimum atomic E-state index is -0.678. The number of carbonyl (C=O) groups is 1. The first-order chi connectivity index (χ1) is 10.00. The highest BCUT2D eigenvalue weighted by Gasteiger charge is 2.32. The van der Waals surface area contributed by atoms with E-state index in [1.165, 1.54) is 0 Å². The van der Waals surface area contributed by atoms with Crippen LogP contribution in [0.2, 0.25) is 0 Å². The molecule has 1 aliphatic rings. The van der Waals surface area contributed by atoms with Gasteiger partial charge in [0.25, 0.3) is 5.91 Å². The van der Waals surface area contributed by atoms with Crippen LogP contribution >= 0.6 is 0 Å². The van der Waals surface area contributed by atoms with Gasteiger partial charge in [-0.2, -0.15) is 0 Å². The zero-order valence-corrected chi connectivity index (χ0v) is 11.9. The summed E-state index contributed by atoms with van der Waals surface area (Å²) in [6.07, 6.45) is 0.714. The Morgan fingerprint density at radius 3 is 2.95 bits per heavy atom. The molecule has 6 heteroatoms. The lowest BCUT2D eigenvalue weighted by atomic mass is 10.1. The topological polar surface area (TPSA) is 91.7 Å². The second kappa shape index (κ2) is 5.14. The summed E-state index contributed by atoms with van der Waals surface area (Å²) in [5.41, 5.74) is 2.63. The number of fused-ring (bicyclic) bond motifs is 1. The number of furan rings is 1. The van der Waals surface area contributed by atoms with Gasteiger partial charge in [-0.05, 0) is 19.4 Å². The molecule has 1 unspecified atom stereocenters. The summed E-state index contributed by atoms with van der Waals surface area (Å²) in [6, 6.07) is 7.38. The number of carbonyl (C=O) groups excluding carboxylic acids is 1. The quantitative estimate of drug-likeness (QED) is 0.445. The number of para-hydroxylation sites is 1. The van der Waals surface area contributed by atoms with E-state index in [0.29, 0.717) is 36.4 Å². The molecule has 1 aromatic heterocycles. The zero-order chi connectivity index (χ0) is 15.0. The average Bonchev–Trinajstić information content (AvgIpc) is 2.98. The number of hydrogen-bond donors (Lipinski definition) is 3. The van der Waals surface area contributed by atoms with Crippen molar-refractivity contribution in [2.24, 2.45) is 5.84 Å². The van der Waals surface area contributed by atoms with E-state index in [1.54, 1.807) is 0 Å². The monoisotopic (exact) mass is 289 g/mol. The van der Waals surface area contributed by atoms with E-state index in [9.17, 15) is 9.90 Å². The van der Waals surface area contributed by atoms with E-state index in [2.05, 4.69) is 10.3 Å². The van der Waals surface area contributed by atoms with Gasteiger partial charge in [0, 0.05) is 18.5 Å². The lowest BCUT2D eigenvalue weighted by Crippen LogP contribution is -2.32. The van der Waals surface area contributed by atoms with Crippen LogP contribution in [0.4, 0.5) is 0 Å². The van der Waals surface area contributed by atoms with E-state index >= 15 is 0 Å². The molecule has 4 N–H and O–H groups in total. The highest BCUT2D eigenvalue weighted by molar-refractivity contribution is 6.07. The maximum Gasteiger partial charge on any atom is 0.269 e. The normalized spacial score (nSPS) is 22.8. The molecule has 0 aliphatic carbocycles. The minimum absolute atomic E-state index is 0.360. The summed E-state index contributed by atoms with van der Waals surface area (Å²) in [6.45, 7) is 3.63. The van der Waals surface area contributed by atoms with E-state index in [1.807, 2.05) is 31.2 Å². The lowest BCUT2D eigenvalue weighted by molar-refractivity contribution is 0.0670. The van der Waals surface area contributed by atoms with Gasteiger partial charge in [0.05, 0.1) is 17.7 Å². The Morgan fingerprint density at radius 2 is 2.29 bits per heavy atom. The first kappa shape index (κ1) is 14.1. The number of amides is 1. The molecule has 1 fully saturated rings. The van der Waals surface area contributed by atoms with Crippen molar-refractivity contribution in [3.05, 3.63) is 35.6 Å². The van der Waals surface area contributed by atoms with Crippen LogP contribution in [0, 0.1) is 0 Å². The van der Waals surface area contributed by atoms with Gasteiger partial charge in [0.1, 0.15) is 11.3 Å². The second-order valence-corrected chi connectivity index (χ2v) is 5.83. The SMILES string of the molecule is CC1(O)CCN(Cc2oc3ccccc3c2C(=O)NN)C1. The third-order valence-corrected chi connectivity index (χ3v) is 3.92. The summed E-state index contributed by atoms with van der Waals surface area (Å²) in [5.74, 6) is 5.50. The molecule has 1 amide bonds. The molecule has 21 heavy (non-hydrogen) atoms. The molecule has 1 saturated heterocycles. The third kappa shape index (κ3) is 2.65. The molecular formula is C15H19N3O3. The number of nitrogens with two attached hydrogens (primary N) is 1. The predicted octanol–water partition coefficient (Wildman–Crippen LogP) is 0.993. The Morgan fingerprint density at radius 1 is 1.52 bits per heavy atom. The minimum Gasteiger partial charge on any atom is -0.459 e. The number of benzene rings is 1. The van der Waals surface area contributed by atoms with E-state index in [0.717, 1.165) is 11.9 Å². The number of rotatable bonds is 3. The molecule has 1 aliphatic heterocycles. The Balaban J connectivity index is 1.96. The van der Waals surface area contributed by atoms with E-state index in [-0.39, 0.29) is 5.91 Å². The molecule has 3 rings (SSSR count). The Labute approximate surface area is 122 Å². The van der Waals surface area contributed by atoms with Crippen LogP contribution in [0.5, 0.6) is 0 Å². The largest absolute Gasteiger partial charge is 0.459 e. The number of nitrogen functional groups attached to an aromatic ring is 1. The van der Waals surface area contributed by atoms with Crippen LogP contribution in [0.25, 0.3) is 11.0 Å². The number of likely N-dealkylation sites (tertiary alicyclic amines) is 1. The van der Waals surface area contributed by atoms with Crippen LogP contribution in [-0.4, -0.2) is 34.6 Å². The van der Waals surface area contributed by atoms with Crippen molar-refractivity contribution in [3.63, 3.8) is 0 Å². The fourth-order valence-electron chi connectivity index (χ4n) is 2.91. The maximum atomic E-state index is 12.0. The summed E-state index contributed by atoms with van der Waals surface area (Å²) in [5, 5.41) is 10.8. The smallest absolute Gasteiger partial charge is 0.269 e. The maximum absolute atomic E-state index is 12.0. The molecule has 0 saturated carbocycles. The van der Waals surface area contributed by atoms with Crippen LogP contribution in [0.3, 0.4) is 0 Å². The molecule has 2 heterocycles. The van der Waals surface area contributed by atoms with Gasteiger partial charge in [0.15, 0.2) is 0 Å². The van der Waals surface area contributed by atoms with Crippen LogP contribution in [0.1, 0.15) is 29.5 Å². The first-order valence-corrected chi connectivity index (χ1v) is 6.96. The lowest BCUT2D eigenvalue weighted by Gasteiger charge is -2.18. The van der Waals surface area contributed by atoms with Crippen molar-refractivity contribution in [2.75, 3.05) is 13.1 Å². The van der Waals surface area contributed by atoms with Gasteiger partial charge >= 0.3 is 0 Å². The highest BCUT2D eigenvalue weighted by Crippen LogP contribution is 2.29. The average molecular weight is 289 g/mol. The predicted molar refractivity (Wildman–Crippen MR) is 78.4 cm³/mol. The van der Waals surface area contributed by atoms with Crippen molar-refractivity contribution in [1.82, 2.24) is 10.3 Å². The van der Waals surface area contributed by atoms with Gasteiger partial charge in [-0.25, -0.2) is 5.84 Å². The first-order valence-electron chi connectivity index (χ1n) is 6.96. The fraction of sp³-hybridized carbons (Fsp3) is 0.400. The van der Waals surface area contributed by atoms with Crippen molar-refractivity contribution in [1.29, 1.82) is 0 Å². The van der Waals surface area contributed by atoms with Crippen molar-refractivity contribution in [2.45, 2.75) is 25.5 Å². The van der Waals surface area contributed by atoms with Crippen molar-refractivity contribution in [3.8, 4) is 0 Å². The molecule has 0 radical (unpaired) electrons. The Kier molecular flexibility index (Phi) is 3.44. The summed E-state index contributed by atoms with van der Waals surface area (Å²) >= 11 is 0. The van der Waals surface area contributed by atoms with Crippen LogP contribution in [-0.2, 0) is 6.54 Å². The fourth-order valence-corrected chi connectivity index (χ4v) is 2.91. The number of hydrogen-bond acceptors (Lipinski definition) is 5. The second-order valence-electron chi connectivity index (χ2n) is 5.83. The van der Waals surface area contributed by atoms with Crippen LogP contribution in [0.15, 0.2) is 28.7 Å². The van der Waals surface area contributed by atoms with Gasteiger partial charge in [0.2, 0.25) is 0 Å². The molecule has 112 valence electrons. The standard InChI is InChI=1S/C15H19N3O3/c1-15(20)6-7-18(9-15)8-12-13(14(19)17-16)10-4-2-3-5-11(10)21-12/h2-5,20H,6-9,16H2,1H3,(H,17,19). The third-order valence-electron chi connectivity index (χ3n) is 3.92. The summed E-state index contributed by atoms with van der Waals surface area (Å²) < 4.78 is 5.81. The highest BCUT2D eigenvalue weighted by atomic mass is 16.3. The molecule has 2 aromatic rings. The van der Waals surface area contributed by atoms with E-state index < -0.39 is 5.60 Å². The number of aliphatic hydroxyl groups is 1. The van der Waals surface area contributed by atoms with Gasteiger partial charge in [-0.1, -0.05) is 18.2 Å². The molecule has 0 spiro atoms. The number of nitrogens with zero attached hydrogens (tertiary/aromatic N) is 1. The Hall–Kier alpha value is -1.89. The van der Waals surface area contributed by atoms with E-state index in [4.69, 9.17) is 10.3 Å². The van der Waals surface area contributed by atoms with Gasteiger partial charge in [-0.3, -0.25) is 15.1 Å².